The van der Waals surface area contributed by atoms with Crippen molar-refractivity contribution in [2.45, 2.75) is 38.0 Å². The molecule has 1 aromatic heterocycles. The Kier molecular flexibility index (Phi) is 6.63. The molecular formula is C26H24F4N4O5S. The van der Waals surface area contributed by atoms with Gasteiger partial charge in [0.1, 0.15) is 28.7 Å². The second-order valence-electron chi connectivity index (χ2n) is 10.1. The summed E-state index contributed by atoms with van der Waals surface area (Å²) in [7, 11) is -3.68. The molecule has 0 fully saturated rings. The molecule has 1 atom stereocenters. The van der Waals surface area contributed by atoms with E-state index in [1.165, 1.54) is 35.0 Å². The second-order valence-corrected chi connectivity index (χ2v) is 12.2. The fourth-order valence-electron chi connectivity index (χ4n) is 5.18. The third-order valence-corrected chi connectivity index (χ3v) is 7.63. The smallest absolute Gasteiger partial charge is 0.422 e. The van der Waals surface area contributed by atoms with Crippen LogP contribution in [0.5, 0.6) is 5.75 Å². The first-order chi connectivity index (χ1) is 18.6. The number of sulfone groups is 1. The van der Waals surface area contributed by atoms with Crippen LogP contribution >= 0.6 is 0 Å². The van der Waals surface area contributed by atoms with Crippen LogP contribution in [0.2, 0.25) is 0 Å². The van der Waals surface area contributed by atoms with Gasteiger partial charge in [0.2, 0.25) is 5.91 Å². The first kappa shape index (κ1) is 27.6. The zero-order chi connectivity index (χ0) is 29.0. The molecule has 0 radical (unpaired) electrons. The lowest BCUT2D eigenvalue weighted by molar-refractivity contribution is -0.153. The first-order valence-electron chi connectivity index (χ1n) is 12.1. The molecule has 0 unspecified atom stereocenters. The Bertz CT molecular complexity index is 1650. The minimum Gasteiger partial charge on any atom is -0.484 e. The molecule has 40 heavy (non-hydrogen) atoms. The van der Waals surface area contributed by atoms with Crippen molar-refractivity contribution in [3.63, 3.8) is 0 Å². The molecule has 2 N–H and O–H groups in total. The molecule has 9 nitrogen and oxygen atoms in total. The van der Waals surface area contributed by atoms with Crippen LogP contribution in [0, 0.1) is 12.7 Å². The van der Waals surface area contributed by atoms with Gasteiger partial charge in [0.25, 0.3) is 5.91 Å². The molecule has 14 heteroatoms. The number of nitrogens with zero attached hydrogens (tertiary/aromatic N) is 2. The normalized spacial score (nSPS) is 18.3. The van der Waals surface area contributed by atoms with Gasteiger partial charge in [-0.3, -0.25) is 14.3 Å². The fraction of sp³-hybridized carbons (Fsp3) is 0.346. The lowest BCUT2D eigenvalue weighted by Gasteiger charge is -2.36. The molecule has 0 bridgehead atoms. The molecule has 2 heterocycles. The monoisotopic (exact) mass is 580 g/mol. The summed E-state index contributed by atoms with van der Waals surface area (Å²) >= 11 is 0. The van der Waals surface area contributed by atoms with Gasteiger partial charge < -0.3 is 15.4 Å². The van der Waals surface area contributed by atoms with Crippen LogP contribution in [0.15, 0.2) is 36.4 Å². The van der Waals surface area contributed by atoms with Crippen LogP contribution in [-0.2, 0) is 33.1 Å². The van der Waals surface area contributed by atoms with Gasteiger partial charge in [-0.25, -0.2) is 12.8 Å². The number of carbonyl (C=O) groups is 2. The molecule has 5 rings (SSSR count). The number of hydrogen-bond donors (Lipinski definition) is 2. The standard InChI is InChI=1S/C26H24F4N4O5S/c1-14-9-16(3-6-19(14)27)21-22(31-20(35)11-40(2,37)38)23-24(36)32-25(12-34(23)33-21)8-7-15-10-17(4-5-18(15)25)39-13-26(28,29)30/h3-6,9-10H,7-8,11-13H2,1-2H3,(H,31,35)(H,32,36)/t25-/m1/s1. The summed E-state index contributed by atoms with van der Waals surface area (Å²) in [6.07, 6.45) is -2.70. The number of hydrogen-bond acceptors (Lipinski definition) is 6. The maximum absolute atomic E-state index is 14.0. The Hall–Kier alpha value is -3.94. The predicted molar refractivity (Wildman–Crippen MR) is 136 cm³/mol. The Balaban J connectivity index is 1.54. The van der Waals surface area contributed by atoms with E-state index < -0.39 is 51.5 Å². The number of benzene rings is 2. The van der Waals surface area contributed by atoms with Crippen molar-refractivity contribution in [2.75, 3.05) is 23.9 Å². The fourth-order valence-corrected chi connectivity index (χ4v) is 5.73. The number of ether oxygens (including phenoxy) is 1. The second kappa shape index (κ2) is 9.61. The zero-order valence-electron chi connectivity index (χ0n) is 21.4. The van der Waals surface area contributed by atoms with Crippen LogP contribution in [0.1, 0.15) is 33.6 Å². The summed E-state index contributed by atoms with van der Waals surface area (Å²) in [6.45, 7) is 0.239. The van der Waals surface area contributed by atoms with E-state index in [2.05, 4.69) is 15.7 Å². The maximum Gasteiger partial charge on any atom is 0.422 e. The van der Waals surface area contributed by atoms with E-state index in [4.69, 9.17) is 4.74 Å². The van der Waals surface area contributed by atoms with Gasteiger partial charge in [0.15, 0.2) is 22.1 Å². The highest BCUT2D eigenvalue weighted by Gasteiger charge is 2.46. The number of aryl methyl sites for hydroxylation is 2. The molecular weight excluding hydrogens is 556 g/mol. The lowest BCUT2D eigenvalue weighted by atomic mass is 9.89. The number of carbonyl (C=O) groups excluding carboxylic acids is 2. The van der Waals surface area contributed by atoms with Crippen LogP contribution in [0.4, 0.5) is 23.2 Å². The number of rotatable bonds is 6. The van der Waals surface area contributed by atoms with Gasteiger partial charge in [0, 0.05) is 11.8 Å². The van der Waals surface area contributed by atoms with E-state index in [9.17, 15) is 35.6 Å². The van der Waals surface area contributed by atoms with Crippen molar-refractivity contribution in [1.29, 1.82) is 0 Å². The molecule has 3 aromatic rings. The third-order valence-electron chi connectivity index (χ3n) is 6.84. The first-order valence-corrected chi connectivity index (χ1v) is 14.2. The van der Waals surface area contributed by atoms with E-state index in [1.54, 1.807) is 13.0 Å². The summed E-state index contributed by atoms with van der Waals surface area (Å²) in [5, 5.41) is 10.1. The van der Waals surface area contributed by atoms with Gasteiger partial charge in [-0.05, 0) is 66.8 Å². The Morgan fingerprint density at radius 2 is 1.98 bits per heavy atom. The molecule has 2 aliphatic rings. The van der Waals surface area contributed by atoms with E-state index in [1.807, 2.05) is 0 Å². The molecule has 212 valence electrons. The lowest BCUT2D eigenvalue weighted by Crippen LogP contribution is -2.52. The third kappa shape index (κ3) is 5.40. The number of nitrogens with one attached hydrogen (secondary N) is 2. The molecule has 0 saturated carbocycles. The number of fused-ring (bicyclic) bond motifs is 3. The molecule has 2 amide bonds. The van der Waals surface area contributed by atoms with Crippen molar-refractivity contribution in [3.05, 3.63) is 64.6 Å². The topological polar surface area (TPSA) is 119 Å². The highest BCUT2D eigenvalue weighted by Crippen LogP contribution is 2.44. The summed E-state index contributed by atoms with van der Waals surface area (Å²) in [4.78, 5) is 26.1. The molecule has 1 aliphatic heterocycles. The largest absolute Gasteiger partial charge is 0.484 e. The number of aromatic nitrogens is 2. The average Bonchev–Trinajstić information content (AvgIpc) is 3.36. The predicted octanol–water partition coefficient (Wildman–Crippen LogP) is 3.51. The summed E-state index contributed by atoms with van der Waals surface area (Å²) in [5.74, 6) is -2.70. The Morgan fingerprint density at radius 3 is 2.65 bits per heavy atom. The molecule has 1 aliphatic carbocycles. The number of anilines is 1. The van der Waals surface area contributed by atoms with Gasteiger partial charge in [-0.2, -0.15) is 18.3 Å². The summed E-state index contributed by atoms with van der Waals surface area (Å²) in [5.41, 5.74) is 1.31. The van der Waals surface area contributed by atoms with Gasteiger partial charge in [-0.15, -0.1) is 0 Å². The number of amides is 2. The average molecular weight is 581 g/mol. The van der Waals surface area contributed by atoms with Crippen LogP contribution in [0.25, 0.3) is 11.3 Å². The minimum atomic E-state index is -4.48. The Morgan fingerprint density at radius 1 is 1.23 bits per heavy atom. The maximum atomic E-state index is 14.0. The van der Waals surface area contributed by atoms with Gasteiger partial charge in [-0.1, -0.05) is 6.07 Å². The van der Waals surface area contributed by atoms with E-state index >= 15 is 0 Å². The minimum absolute atomic E-state index is 0.0111. The van der Waals surface area contributed by atoms with Crippen LogP contribution in [0.3, 0.4) is 0 Å². The molecule has 1 spiro atoms. The van der Waals surface area contributed by atoms with Gasteiger partial charge in [0.05, 0.1) is 12.1 Å². The number of halogens is 4. The van der Waals surface area contributed by atoms with Crippen molar-refractivity contribution in [3.8, 4) is 17.0 Å². The quantitative estimate of drug-likeness (QED) is 0.431. The van der Waals surface area contributed by atoms with E-state index in [0.29, 0.717) is 35.1 Å². The van der Waals surface area contributed by atoms with Gasteiger partial charge >= 0.3 is 6.18 Å². The zero-order valence-corrected chi connectivity index (χ0v) is 22.2. The summed E-state index contributed by atoms with van der Waals surface area (Å²) < 4.78 is 81.4. The van der Waals surface area contributed by atoms with Crippen LogP contribution in [-0.4, -0.2) is 54.8 Å². The molecule has 2 aromatic carbocycles. The SMILES string of the molecule is Cc1cc(-c2nn3c(c2NC(=O)CS(C)(=O)=O)C(=O)N[C@]2(CCc4cc(OCC(F)(F)F)ccc42)C3)ccc1F. The highest BCUT2D eigenvalue weighted by atomic mass is 32.2. The van der Waals surface area contributed by atoms with Crippen molar-refractivity contribution in [2.24, 2.45) is 0 Å². The van der Waals surface area contributed by atoms with E-state index in [-0.39, 0.29) is 29.4 Å². The summed E-state index contributed by atoms with van der Waals surface area (Å²) in [6, 6.07) is 8.69. The molecule has 0 saturated heterocycles. The number of alkyl halides is 3. The van der Waals surface area contributed by atoms with Crippen molar-refractivity contribution < 1.29 is 40.3 Å². The van der Waals surface area contributed by atoms with Crippen molar-refractivity contribution in [1.82, 2.24) is 15.1 Å². The van der Waals surface area contributed by atoms with Crippen molar-refractivity contribution >= 4 is 27.3 Å². The van der Waals surface area contributed by atoms with E-state index in [0.717, 1.165) is 6.26 Å². The Labute approximate surface area is 226 Å². The van der Waals surface area contributed by atoms with Crippen LogP contribution < -0.4 is 15.4 Å². The highest BCUT2D eigenvalue weighted by molar-refractivity contribution is 7.91.